The molecule has 0 spiro atoms. The lowest BCUT2D eigenvalue weighted by Crippen LogP contribution is -2.52. The lowest BCUT2D eigenvalue weighted by Gasteiger charge is -2.42. The van der Waals surface area contributed by atoms with Crippen LogP contribution >= 0.6 is 0 Å². The second-order valence-corrected chi connectivity index (χ2v) is 6.64. The molecule has 1 aromatic rings. The molecule has 0 aromatic carbocycles. The van der Waals surface area contributed by atoms with E-state index in [9.17, 15) is 0 Å². The van der Waals surface area contributed by atoms with Gasteiger partial charge >= 0.3 is 0 Å². The van der Waals surface area contributed by atoms with Crippen molar-refractivity contribution in [3.8, 4) is 0 Å². The molecule has 0 saturated heterocycles. The second kappa shape index (κ2) is 6.27. The van der Waals surface area contributed by atoms with Gasteiger partial charge in [0.15, 0.2) is 0 Å². The quantitative estimate of drug-likeness (QED) is 0.901. The molecule has 0 aliphatic heterocycles. The molecular weight excluding hydrogens is 250 g/mol. The summed E-state index contributed by atoms with van der Waals surface area (Å²) in [6.45, 7) is 6.58. The fraction of sp³-hybridized carbons (Fsp3) is 0.812. The summed E-state index contributed by atoms with van der Waals surface area (Å²) in [7, 11) is 1.81. The second-order valence-electron chi connectivity index (χ2n) is 6.64. The van der Waals surface area contributed by atoms with Gasteiger partial charge in [0.05, 0.1) is 11.3 Å². The predicted octanol–water partition coefficient (Wildman–Crippen LogP) is 2.93. The largest absolute Gasteiger partial charge is 0.377 e. The van der Waals surface area contributed by atoms with Gasteiger partial charge in [0.1, 0.15) is 0 Å². The standard InChI is InChI=1S/C16H29N3O/c1-12(2)19-10-7-14(18-19)11-15(17)16(20-4)8-5-13(3)6-9-16/h7,10,12-13,15H,5-6,8-9,11,17H2,1-4H3. The summed E-state index contributed by atoms with van der Waals surface area (Å²) in [5.74, 6) is 0.797. The zero-order chi connectivity index (χ0) is 14.8. The monoisotopic (exact) mass is 279 g/mol. The van der Waals surface area contributed by atoms with Gasteiger partial charge in [-0.25, -0.2) is 0 Å². The number of hydrogen-bond donors (Lipinski definition) is 1. The molecule has 1 aliphatic carbocycles. The number of rotatable bonds is 5. The van der Waals surface area contributed by atoms with E-state index in [1.54, 1.807) is 0 Å². The Hall–Kier alpha value is -0.870. The first-order valence-corrected chi connectivity index (χ1v) is 7.81. The lowest BCUT2D eigenvalue weighted by atomic mass is 9.74. The van der Waals surface area contributed by atoms with E-state index in [-0.39, 0.29) is 11.6 Å². The Morgan fingerprint density at radius 3 is 2.60 bits per heavy atom. The van der Waals surface area contributed by atoms with Crippen LogP contribution in [0, 0.1) is 5.92 Å². The van der Waals surface area contributed by atoms with E-state index in [4.69, 9.17) is 10.5 Å². The molecule has 2 rings (SSSR count). The SMILES string of the molecule is COC1(C(N)Cc2ccn(C(C)C)n2)CCC(C)CC1. The van der Waals surface area contributed by atoms with E-state index in [2.05, 4.69) is 31.9 Å². The van der Waals surface area contributed by atoms with Crippen LogP contribution in [-0.4, -0.2) is 28.5 Å². The smallest absolute Gasteiger partial charge is 0.0832 e. The molecule has 4 heteroatoms. The van der Waals surface area contributed by atoms with E-state index in [0.717, 1.165) is 30.9 Å². The number of hydrogen-bond acceptors (Lipinski definition) is 3. The van der Waals surface area contributed by atoms with Gasteiger partial charge in [-0.05, 0) is 51.5 Å². The predicted molar refractivity (Wildman–Crippen MR) is 81.7 cm³/mol. The summed E-state index contributed by atoms with van der Waals surface area (Å²) in [5, 5.41) is 4.61. The highest BCUT2D eigenvalue weighted by Crippen LogP contribution is 2.37. The van der Waals surface area contributed by atoms with Gasteiger partial charge in [0, 0.05) is 31.8 Å². The third-order valence-corrected chi connectivity index (χ3v) is 4.82. The summed E-state index contributed by atoms with van der Waals surface area (Å²) < 4.78 is 7.85. The molecule has 4 nitrogen and oxygen atoms in total. The van der Waals surface area contributed by atoms with Crippen molar-refractivity contribution in [1.29, 1.82) is 0 Å². The molecule has 0 amide bonds. The number of ether oxygens (including phenoxy) is 1. The van der Waals surface area contributed by atoms with Crippen LogP contribution in [0.15, 0.2) is 12.3 Å². The first-order valence-electron chi connectivity index (χ1n) is 7.81. The number of nitrogens with zero attached hydrogens (tertiary/aromatic N) is 2. The molecule has 0 bridgehead atoms. The minimum atomic E-state index is -0.159. The van der Waals surface area contributed by atoms with Crippen molar-refractivity contribution >= 4 is 0 Å². The molecule has 1 aromatic heterocycles. The summed E-state index contributed by atoms with van der Waals surface area (Å²) in [5.41, 5.74) is 7.39. The van der Waals surface area contributed by atoms with E-state index in [1.807, 2.05) is 18.0 Å². The molecule has 1 unspecified atom stereocenters. The van der Waals surface area contributed by atoms with E-state index in [1.165, 1.54) is 12.8 Å². The molecule has 1 aliphatic rings. The Kier molecular flexibility index (Phi) is 4.86. The van der Waals surface area contributed by atoms with Crippen molar-refractivity contribution in [3.63, 3.8) is 0 Å². The fourth-order valence-corrected chi connectivity index (χ4v) is 3.16. The summed E-state index contributed by atoms with van der Waals surface area (Å²) in [4.78, 5) is 0. The normalized spacial score (nSPS) is 28.8. The van der Waals surface area contributed by atoms with Crippen molar-refractivity contribution < 1.29 is 4.74 Å². The third-order valence-electron chi connectivity index (χ3n) is 4.82. The van der Waals surface area contributed by atoms with Crippen molar-refractivity contribution in [1.82, 2.24) is 9.78 Å². The van der Waals surface area contributed by atoms with Gasteiger partial charge in [-0.15, -0.1) is 0 Å². The maximum atomic E-state index is 6.48. The molecule has 0 radical (unpaired) electrons. The lowest BCUT2D eigenvalue weighted by molar-refractivity contribution is -0.0661. The number of aromatic nitrogens is 2. The van der Waals surface area contributed by atoms with Gasteiger partial charge in [0.2, 0.25) is 0 Å². The van der Waals surface area contributed by atoms with E-state index < -0.39 is 0 Å². The molecule has 2 N–H and O–H groups in total. The Labute approximate surface area is 122 Å². The maximum absolute atomic E-state index is 6.48. The summed E-state index contributed by atoms with van der Waals surface area (Å²) in [6.07, 6.45) is 7.38. The average molecular weight is 279 g/mol. The Morgan fingerprint density at radius 2 is 2.10 bits per heavy atom. The van der Waals surface area contributed by atoms with Gasteiger partial charge in [-0.3, -0.25) is 4.68 Å². The molecule has 1 atom stereocenters. The highest BCUT2D eigenvalue weighted by Gasteiger charge is 2.39. The third kappa shape index (κ3) is 3.23. The average Bonchev–Trinajstić information content (AvgIpc) is 2.88. The van der Waals surface area contributed by atoms with Crippen molar-refractivity contribution in [2.75, 3.05) is 7.11 Å². The minimum absolute atomic E-state index is 0.0236. The zero-order valence-electron chi connectivity index (χ0n) is 13.3. The van der Waals surface area contributed by atoms with E-state index in [0.29, 0.717) is 6.04 Å². The molecule has 20 heavy (non-hydrogen) atoms. The Balaban J connectivity index is 2.03. The van der Waals surface area contributed by atoms with E-state index >= 15 is 0 Å². The molecule has 1 heterocycles. The van der Waals surface area contributed by atoms with Crippen molar-refractivity contribution in [2.24, 2.45) is 11.7 Å². The first-order chi connectivity index (χ1) is 9.47. The van der Waals surface area contributed by atoms with Gasteiger partial charge in [0.25, 0.3) is 0 Å². The molecule has 1 fully saturated rings. The molecule has 114 valence electrons. The first kappa shape index (κ1) is 15.5. The van der Waals surface area contributed by atoms with Crippen molar-refractivity contribution in [2.45, 2.75) is 70.6 Å². The fourth-order valence-electron chi connectivity index (χ4n) is 3.16. The van der Waals surface area contributed by atoms with Crippen LogP contribution < -0.4 is 5.73 Å². The highest BCUT2D eigenvalue weighted by atomic mass is 16.5. The van der Waals surface area contributed by atoms with Crippen LogP contribution in [0.25, 0.3) is 0 Å². The molecular formula is C16H29N3O. The Morgan fingerprint density at radius 1 is 1.45 bits per heavy atom. The van der Waals surface area contributed by atoms with Crippen LogP contribution in [0.5, 0.6) is 0 Å². The van der Waals surface area contributed by atoms with Crippen molar-refractivity contribution in [3.05, 3.63) is 18.0 Å². The molecule has 1 saturated carbocycles. The summed E-state index contributed by atoms with van der Waals surface area (Å²) >= 11 is 0. The maximum Gasteiger partial charge on any atom is 0.0832 e. The van der Waals surface area contributed by atoms with Gasteiger partial charge in [-0.1, -0.05) is 6.92 Å². The summed E-state index contributed by atoms with van der Waals surface area (Å²) in [6, 6.07) is 2.50. The van der Waals surface area contributed by atoms with Crippen LogP contribution in [0.1, 0.15) is 58.2 Å². The van der Waals surface area contributed by atoms with Gasteiger partial charge in [-0.2, -0.15) is 5.10 Å². The Bertz CT molecular complexity index is 419. The number of methoxy groups -OCH3 is 1. The van der Waals surface area contributed by atoms with Crippen LogP contribution in [0.2, 0.25) is 0 Å². The zero-order valence-corrected chi connectivity index (χ0v) is 13.3. The van der Waals surface area contributed by atoms with Crippen LogP contribution in [0.4, 0.5) is 0 Å². The van der Waals surface area contributed by atoms with Gasteiger partial charge < -0.3 is 10.5 Å². The van der Waals surface area contributed by atoms with Crippen LogP contribution in [-0.2, 0) is 11.2 Å². The topological polar surface area (TPSA) is 53.1 Å². The van der Waals surface area contributed by atoms with Crippen LogP contribution in [0.3, 0.4) is 0 Å². The minimum Gasteiger partial charge on any atom is -0.377 e. The highest BCUT2D eigenvalue weighted by molar-refractivity contribution is 5.06. The number of nitrogens with two attached hydrogens (primary N) is 1.